The van der Waals surface area contributed by atoms with Crippen molar-refractivity contribution in [1.29, 1.82) is 0 Å². The van der Waals surface area contributed by atoms with Gasteiger partial charge in [0.25, 0.3) is 0 Å². The normalized spacial score (nSPS) is 11.6. The van der Waals surface area contributed by atoms with E-state index >= 15 is 0 Å². The van der Waals surface area contributed by atoms with Crippen LogP contribution in [0.5, 0.6) is 0 Å². The van der Waals surface area contributed by atoms with Crippen molar-refractivity contribution >= 4 is 43.7 Å². The summed E-state index contributed by atoms with van der Waals surface area (Å²) in [5.74, 6) is 1.93. The van der Waals surface area contributed by atoms with Gasteiger partial charge in [0.15, 0.2) is 17.5 Å². The zero-order chi connectivity index (χ0) is 29.0. The maximum Gasteiger partial charge on any atom is 0.164 e. The monoisotopic (exact) mass is 564 g/mol. The summed E-state index contributed by atoms with van der Waals surface area (Å²) >= 11 is 0. The lowest BCUT2D eigenvalue weighted by Gasteiger charge is -2.11. The summed E-state index contributed by atoms with van der Waals surface area (Å²) in [6.07, 6.45) is 0. The van der Waals surface area contributed by atoms with Crippen LogP contribution in [0.25, 0.3) is 83.6 Å². The van der Waals surface area contributed by atoms with Gasteiger partial charge in [-0.05, 0) is 48.5 Å². The first kappa shape index (κ1) is 24.5. The summed E-state index contributed by atoms with van der Waals surface area (Å²) in [4.78, 5) is 14.7. The van der Waals surface area contributed by atoms with E-state index < -0.39 is 0 Å². The zero-order valence-electron chi connectivity index (χ0n) is 23.6. The molecule has 0 amide bonds. The zero-order valence-corrected chi connectivity index (χ0v) is 23.6. The molecular formula is C39H24N4O. The first-order chi connectivity index (χ1) is 21.8. The van der Waals surface area contributed by atoms with Crippen molar-refractivity contribution in [2.24, 2.45) is 0 Å². The largest absolute Gasteiger partial charge is 0.456 e. The van der Waals surface area contributed by atoms with Crippen LogP contribution in [0.15, 0.2) is 150 Å². The lowest BCUT2D eigenvalue weighted by Crippen LogP contribution is -2.00. The molecule has 0 bridgehead atoms. The molecular weight excluding hydrogens is 540 g/mol. The summed E-state index contributed by atoms with van der Waals surface area (Å²) < 4.78 is 8.63. The summed E-state index contributed by atoms with van der Waals surface area (Å²) in [5, 5.41) is 4.63. The van der Waals surface area contributed by atoms with Crippen LogP contribution < -0.4 is 0 Å². The average Bonchev–Trinajstić information content (AvgIpc) is 3.65. The molecule has 3 heterocycles. The van der Waals surface area contributed by atoms with Gasteiger partial charge in [-0.1, -0.05) is 97.1 Å². The minimum atomic E-state index is 0.634. The van der Waals surface area contributed by atoms with Crippen molar-refractivity contribution in [3.8, 4) is 39.9 Å². The first-order valence-corrected chi connectivity index (χ1v) is 14.6. The van der Waals surface area contributed by atoms with Gasteiger partial charge in [0.2, 0.25) is 0 Å². The predicted molar refractivity (Wildman–Crippen MR) is 178 cm³/mol. The van der Waals surface area contributed by atoms with E-state index in [1.165, 1.54) is 10.8 Å². The number of aromatic nitrogens is 4. The third kappa shape index (κ3) is 3.83. The molecule has 0 atom stereocenters. The lowest BCUT2D eigenvalue weighted by molar-refractivity contribution is 0.669. The van der Waals surface area contributed by atoms with Gasteiger partial charge in [-0.25, -0.2) is 15.0 Å². The molecule has 0 aliphatic carbocycles. The second kappa shape index (κ2) is 9.75. The molecule has 0 aliphatic heterocycles. The Morgan fingerprint density at radius 2 is 0.955 bits per heavy atom. The Bertz CT molecular complexity index is 2420. The quantitative estimate of drug-likeness (QED) is 0.213. The van der Waals surface area contributed by atoms with Gasteiger partial charge in [0.05, 0.1) is 16.4 Å². The highest BCUT2D eigenvalue weighted by molar-refractivity contribution is 6.24. The van der Waals surface area contributed by atoms with Crippen LogP contribution in [0.3, 0.4) is 0 Å². The van der Waals surface area contributed by atoms with Crippen LogP contribution in [-0.4, -0.2) is 19.5 Å². The number of hydrogen-bond donors (Lipinski definition) is 0. The number of nitrogens with zero attached hydrogens (tertiary/aromatic N) is 4. The molecule has 5 heteroatoms. The SMILES string of the molecule is c1ccc(-c2nc(-c3ccccc3)nc(-c3ccc(-n4c5ccccc5c5ccc6oc7ccccc7c6c54)cc3)n2)cc1. The molecule has 0 aliphatic rings. The molecule has 0 N–H and O–H groups in total. The number of hydrogen-bond acceptors (Lipinski definition) is 4. The maximum atomic E-state index is 6.28. The second-order valence-corrected chi connectivity index (χ2v) is 10.9. The third-order valence-corrected chi connectivity index (χ3v) is 8.26. The van der Waals surface area contributed by atoms with Crippen molar-refractivity contribution in [1.82, 2.24) is 19.5 Å². The van der Waals surface area contributed by atoms with Crippen LogP contribution >= 0.6 is 0 Å². The highest BCUT2D eigenvalue weighted by Crippen LogP contribution is 2.40. The van der Waals surface area contributed by atoms with Crippen LogP contribution in [0, 0.1) is 0 Å². The number of rotatable bonds is 4. The van der Waals surface area contributed by atoms with E-state index in [9.17, 15) is 0 Å². The van der Waals surface area contributed by atoms with Gasteiger partial charge in [0.1, 0.15) is 11.2 Å². The minimum absolute atomic E-state index is 0.634. The van der Waals surface area contributed by atoms with Crippen molar-refractivity contribution in [2.45, 2.75) is 0 Å². The summed E-state index contributed by atoms with van der Waals surface area (Å²) in [5.41, 5.74) is 7.93. The molecule has 44 heavy (non-hydrogen) atoms. The molecule has 0 unspecified atom stereocenters. The van der Waals surface area contributed by atoms with Gasteiger partial charge >= 0.3 is 0 Å². The highest BCUT2D eigenvalue weighted by Gasteiger charge is 2.19. The fourth-order valence-electron chi connectivity index (χ4n) is 6.23. The topological polar surface area (TPSA) is 56.7 Å². The molecule has 0 spiro atoms. The standard InChI is InChI=1S/C39H24N4O/c1-3-11-25(12-4-1)37-40-38(26-13-5-2-6-14-26)42-39(41-37)27-19-21-28(22-20-27)43-32-17-9-7-15-29(32)30-23-24-34-35(36(30)43)31-16-8-10-18-33(31)44-34/h1-24H. The van der Waals surface area contributed by atoms with Gasteiger partial charge in [0, 0.05) is 38.5 Å². The van der Waals surface area contributed by atoms with E-state index in [2.05, 4.69) is 77.4 Å². The van der Waals surface area contributed by atoms with Crippen molar-refractivity contribution in [2.75, 3.05) is 0 Å². The van der Waals surface area contributed by atoms with Crippen molar-refractivity contribution < 1.29 is 4.42 Å². The Kier molecular flexibility index (Phi) is 5.43. The fraction of sp³-hybridized carbons (Fsp3) is 0. The van der Waals surface area contributed by atoms with Crippen LogP contribution in [-0.2, 0) is 0 Å². The second-order valence-electron chi connectivity index (χ2n) is 10.9. The molecule has 5 nitrogen and oxygen atoms in total. The van der Waals surface area contributed by atoms with Crippen LogP contribution in [0.2, 0.25) is 0 Å². The Morgan fingerprint density at radius 3 is 1.61 bits per heavy atom. The minimum Gasteiger partial charge on any atom is -0.456 e. The molecule has 6 aromatic carbocycles. The van der Waals surface area contributed by atoms with E-state index in [4.69, 9.17) is 19.4 Å². The number of para-hydroxylation sites is 2. The molecule has 0 fully saturated rings. The molecule has 206 valence electrons. The number of benzene rings is 6. The Hall–Kier alpha value is -6.07. The summed E-state index contributed by atoms with van der Waals surface area (Å²) in [6, 6.07) is 49.7. The lowest BCUT2D eigenvalue weighted by atomic mass is 10.1. The molecule has 0 saturated carbocycles. The summed E-state index contributed by atoms with van der Waals surface area (Å²) in [7, 11) is 0. The predicted octanol–water partition coefficient (Wildman–Crippen LogP) is 9.87. The summed E-state index contributed by atoms with van der Waals surface area (Å²) in [6.45, 7) is 0. The Morgan fingerprint density at radius 1 is 0.409 bits per heavy atom. The van der Waals surface area contributed by atoms with Gasteiger partial charge in [-0.15, -0.1) is 0 Å². The van der Waals surface area contributed by atoms with E-state index in [1.54, 1.807) is 0 Å². The average molecular weight is 565 g/mol. The van der Waals surface area contributed by atoms with E-state index in [-0.39, 0.29) is 0 Å². The fourth-order valence-corrected chi connectivity index (χ4v) is 6.23. The van der Waals surface area contributed by atoms with Gasteiger partial charge in [-0.2, -0.15) is 0 Å². The van der Waals surface area contributed by atoms with E-state index in [0.29, 0.717) is 17.5 Å². The van der Waals surface area contributed by atoms with E-state index in [1.807, 2.05) is 72.8 Å². The molecule has 3 aromatic heterocycles. The van der Waals surface area contributed by atoms with Crippen molar-refractivity contribution in [3.05, 3.63) is 146 Å². The van der Waals surface area contributed by atoms with Gasteiger partial charge < -0.3 is 8.98 Å². The van der Waals surface area contributed by atoms with Crippen LogP contribution in [0.4, 0.5) is 0 Å². The maximum absolute atomic E-state index is 6.28. The number of fused-ring (bicyclic) bond motifs is 7. The number of furan rings is 1. The third-order valence-electron chi connectivity index (χ3n) is 8.26. The molecule has 9 aromatic rings. The Labute approximate surface area is 252 Å². The molecule has 9 rings (SSSR count). The molecule has 0 radical (unpaired) electrons. The first-order valence-electron chi connectivity index (χ1n) is 14.6. The van der Waals surface area contributed by atoms with E-state index in [0.717, 1.165) is 55.3 Å². The Balaban J connectivity index is 1.25. The highest BCUT2D eigenvalue weighted by atomic mass is 16.3. The smallest absolute Gasteiger partial charge is 0.164 e. The molecule has 0 saturated heterocycles. The van der Waals surface area contributed by atoms with Crippen LogP contribution in [0.1, 0.15) is 0 Å². The van der Waals surface area contributed by atoms with Crippen molar-refractivity contribution in [3.63, 3.8) is 0 Å². The van der Waals surface area contributed by atoms with Gasteiger partial charge in [-0.3, -0.25) is 0 Å².